The van der Waals surface area contributed by atoms with Crippen LogP contribution in [0.1, 0.15) is 38.2 Å². The first-order chi connectivity index (χ1) is 19.2. The molecule has 1 fully saturated rings. The Morgan fingerprint density at radius 2 is 1.68 bits per heavy atom. The molecule has 224 valence electrons. The summed E-state index contributed by atoms with van der Waals surface area (Å²) in [5.41, 5.74) is -0.597. The number of carbonyl (C=O) groups is 3. The summed E-state index contributed by atoms with van der Waals surface area (Å²) in [6.07, 6.45) is 0.194. The van der Waals surface area contributed by atoms with Crippen LogP contribution in [0.15, 0.2) is 42.5 Å². The summed E-state index contributed by atoms with van der Waals surface area (Å²) in [4.78, 5) is 41.8. The van der Waals surface area contributed by atoms with Gasteiger partial charge in [0.05, 0.1) is 7.11 Å². The highest BCUT2D eigenvalue weighted by Crippen LogP contribution is 2.33. The molecule has 0 aliphatic carbocycles. The molecule has 2 aromatic rings. The topological polar surface area (TPSA) is 116 Å². The van der Waals surface area contributed by atoms with Gasteiger partial charge in [0.2, 0.25) is 17.7 Å². The zero-order valence-electron chi connectivity index (χ0n) is 23.8. The third kappa shape index (κ3) is 7.59. The number of rotatable bonds is 11. The van der Waals surface area contributed by atoms with Gasteiger partial charge in [-0.2, -0.15) is 12.7 Å². The van der Waals surface area contributed by atoms with Gasteiger partial charge in [-0.25, -0.2) is 13.5 Å². The number of nitrogens with zero attached hydrogens (tertiary/aromatic N) is 3. The van der Waals surface area contributed by atoms with E-state index in [1.165, 1.54) is 45.0 Å². The normalized spacial score (nSPS) is 18.0. The molecule has 0 radical (unpaired) electrons. The smallest absolute Gasteiger partial charge is 0.304 e. The van der Waals surface area contributed by atoms with Crippen molar-refractivity contribution in [2.45, 2.75) is 44.6 Å². The number of benzene rings is 2. The number of methoxy groups -OCH3 is 1. The van der Waals surface area contributed by atoms with E-state index in [2.05, 4.69) is 0 Å². The van der Waals surface area contributed by atoms with Gasteiger partial charge in [-0.3, -0.25) is 14.4 Å². The molecule has 0 saturated carbocycles. The van der Waals surface area contributed by atoms with Gasteiger partial charge in [-0.15, -0.1) is 0 Å². The number of amides is 3. The molecule has 10 nitrogen and oxygen atoms in total. The van der Waals surface area contributed by atoms with Crippen LogP contribution in [0.25, 0.3) is 0 Å². The fourth-order valence-electron chi connectivity index (χ4n) is 5.11. The van der Waals surface area contributed by atoms with Gasteiger partial charge >= 0.3 is 10.2 Å². The Balaban J connectivity index is 1.78. The average Bonchev–Trinajstić information content (AvgIpc) is 3.32. The second-order valence-electron chi connectivity index (χ2n) is 10.5. The highest BCUT2D eigenvalue weighted by atomic mass is 32.2. The molecule has 1 aliphatic rings. The van der Waals surface area contributed by atoms with Crippen LogP contribution in [-0.4, -0.2) is 75.7 Å². The number of halogens is 2. The van der Waals surface area contributed by atoms with Crippen LogP contribution >= 0.6 is 0 Å². The maximum absolute atomic E-state index is 13.9. The minimum atomic E-state index is -4.37. The zero-order chi connectivity index (χ0) is 30.5. The molecule has 1 aliphatic heterocycles. The SMILES string of the molecule is COc1ccc(N(C)C(=O)[C@@H](CCC(=O)NS(=O)(=O)N2CCC[C@]2(C)C(=O)N(C)C)Cc2cc(F)cc(F)c2)cc1. The highest BCUT2D eigenvalue weighted by molar-refractivity contribution is 7.87. The lowest BCUT2D eigenvalue weighted by Gasteiger charge is -2.34. The van der Waals surface area contributed by atoms with E-state index >= 15 is 0 Å². The lowest BCUT2D eigenvalue weighted by atomic mass is 9.93. The van der Waals surface area contributed by atoms with Crippen LogP contribution in [0, 0.1) is 17.6 Å². The van der Waals surface area contributed by atoms with Gasteiger partial charge in [0.1, 0.15) is 22.9 Å². The summed E-state index contributed by atoms with van der Waals surface area (Å²) in [5, 5.41) is 0. The van der Waals surface area contributed by atoms with Crippen molar-refractivity contribution in [3.63, 3.8) is 0 Å². The van der Waals surface area contributed by atoms with Crippen molar-refractivity contribution < 1.29 is 36.3 Å². The van der Waals surface area contributed by atoms with E-state index < -0.39 is 51.0 Å². The standard InChI is InChI=1S/C28H36F2N4O6S/c1-28(27(37)32(2)3)13-6-14-34(28)41(38,39)31-25(35)12-7-20(15-19-16-21(29)18-22(30)17-19)26(36)33(4)23-8-10-24(40-5)11-9-23/h8-11,16-18,20H,6-7,12-15H2,1-5H3,(H,31,35)/t20-,28+/m0/s1. The van der Waals surface area contributed by atoms with Gasteiger partial charge < -0.3 is 14.5 Å². The Labute approximate surface area is 239 Å². The first-order valence-electron chi connectivity index (χ1n) is 13.1. The monoisotopic (exact) mass is 594 g/mol. The molecule has 0 aromatic heterocycles. The van der Waals surface area contributed by atoms with Crippen molar-refractivity contribution in [1.29, 1.82) is 0 Å². The number of anilines is 1. The van der Waals surface area contributed by atoms with Gasteiger partial charge in [-0.05, 0) is 74.6 Å². The molecule has 0 bridgehead atoms. The van der Waals surface area contributed by atoms with Gasteiger partial charge in [-0.1, -0.05) is 0 Å². The molecular weight excluding hydrogens is 558 g/mol. The highest BCUT2D eigenvalue weighted by Gasteiger charge is 2.50. The Morgan fingerprint density at radius 1 is 1.07 bits per heavy atom. The molecular formula is C28H36F2N4O6S. The third-order valence-corrected chi connectivity index (χ3v) is 8.89. The number of hydrogen-bond acceptors (Lipinski definition) is 6. The van der Waals surface area contributed by atoms with Crippen molar-refractivity contribution in [3.8, 4) is 5.75 Å². The average molecular weight is 595 g/mol. The van der Waals surface area contributed by atoms with Crippen molar-refractivity contribution in [3.05, 3.63) is 59.7 Å². The minimum Gasteiger partial charge on any atom is -0.497 e. The summed E-state index contributed by atoms with van der Waals surface area (Å²) >= 11 is 0. The van der Waals surface area contributed by atoms with E-state index in [-0.39, 0.29) is 31.4 Å². The van der Waals surface area contributed by atoms with E-state index in [9.17, 15) is 31.6 Å². The summed E-state index contributed by atoms with van der Waals surface area (Å²) in [5.74, 6) is -3.64. The van der Waals surface area contributed by atoms with Crippen LogP contribution in [0.2, 0.25) is 0 Å². The number of carbonyl (C=O) groups excluding carboxylic acids is 3. The molecule has 13 heteroatoms. The van der Waals surface area contributed by atoms with E-state index in [4.69, 9.17) is 4.74 Å². The van der Waals surface area contributed by atoms with Crippen LogP contribution in [0.4, 0.5) is 14.5 Å². The quantitative estimate of drug-likeness (QED) is 0.428. The summed E-state index contributed by atoms with van der Waals surface area (Å²) in [6, 6.07) is 9.60. The molecule has 0 spiro atoms. The Bertz CT molecular complexity index is 1370. The van der Waals surface area contributed by atoms with Crippen LogP contribution in [0.3, 0.4) is 0 Å². The molecule has 1 heterocycles. The van der Waals surface area contributed by atoms with E-state index in [0.29, 0.717) is 24.3 Å². The largest absolute Gasteiger partial charge is 0.497 e. The van der Waals surface area contributed by atoms with Crippen LogP contribution in [0.5, 0.6) is 5.75 Å². The summed E-state index contributed by atoms with van der Waals surface area (Å²) in [7, 11) is 1.72. The molecule has 3 rings (SSSR count). The molecule has 1 N–H and O–H groups in total. The van der Waals surface area contributed by atoms with Crippen LogP contribution in [-0.2, 0) is 31.0 Å². The minimum absolute atomic E-state index is 0.0671. The molecule has 2 atom stereocenters. The molecule has 41 heavy (non-hydrogen) atoms. The molecule has 2 aromatic carbocycles. The zero-order valence-corrected chi connectivity index (χ0v) is 24.6. The number of hydrogen-bond donors (Lipinski definition) is 1. The Morgan fingerprint density at radius 3 is 2.24 bits per heavy atom. The van der Waals surface area contributed by atoms with Crippen molar-refractivity contribution in [2.75, 3.05) is 39.7 Å². The predicted octanol–water partition coefficient (Wildman–Crippen LogP) is 2.88. The lowest BCUT2D eigenvalue weighted by Crippen LogP contribution is -2.58. The maximum Gasteiger partial charge on any atom is 0.304 e. The van der Waals surface area contributed by atoms with Crippen molar-refractivity contribution in [2.24, 2.45) is 5.92 Å². The van der Waals surface area contributed by atoms with E-state index in [1.807, 2.05) is 4.72 Å². The van der Waals surface area contributed by atoms with Crippen molar-refractivity contribution >= 4 is 33.6 Å². The number of ether oxygens (including phenoxy) is 1. The van der Waals surface area contributed by atoms with Crippen molar-refractivity contribution in [1.82, 2.24) is 13.9 Å². The fourth-order valence-corrected chi connectivity index (χ4v) is 6.68. The Kier molecular flexibility index (Phi) is 10.1. The summed E-state index contributed by atoms with van der Waals surface area (Å²) in [6.45, 7) is 1.59. The fraction of sp³-hybridized carbons (Fsp3) is 0.464. The second-order valence-corrected chi connectivity index (χ2v) is 12.1. The molecule has 1 saturated heterocycles. The Hall–Kier alpha value is -3.58. The van der Waals surface area contributed by atoms with Gasteiger partial charge in [0, 0.05) is 51.8 Å². The number of nitrogens with one attached hydrogen (secondary N) is 1. The molecule has 3 amide bonds. The second kappa shape index (κ2) is 12.9. The third-order valence-electron chi connectivity index (χ3n) is 7.24. The molecule has 0 unspecified atom stereocenters. The first kappa shape index (κ1) is 31.9. The maximum atomic E-state index is 13.9. The van der Waals surface area contributed by atoms with E-state index in [0.717, 1.165) is 22.5 Å². The first-order valence-corrected chi connectivity index (χ1v) is 14.5. The van der Waals surface area contributed by atoms with Crippen LogP contribution < -0.4 is 14.4 Å². The van der Waals surface area contributed by atoms with Gasteiger partial charge in [0.15, 0.2) is 0 Å². The summed E-state index contributed by atoms with van der Waals surface area (Å²) < 4.78 is 62.2. The lowest BCUT2D eigenvalue weighted by molar-refractivity contribution is -0.137. The van der Waals surface area contributed by atoms with E-state index in [1.54, 1.807) is 24.3 Å². The predicted molar refractivity (Wildman–Crippen MR) is 149 cm³/mol. The number of likely N-dealkylation sites (N-methyl/N-ethyl adjacent to an activating group) is 1. The van der Waals surface area contributed by atoms with Gasteiger partial charge in [0.25, 0.3) is 0 Å².